The Bertz CT molecular complexity index is 198. The van der Waals surface area contributed by atoms with Crippen molar-refractivity contribution in [3.8, 4) is 0 Å². The summed E-state index contributed by atoms with van der Waals surface area (Å²) < 4.78 is 10.1. The Kier molecular flexibility index (Phi) is 10.1. The van der Waals surface area contributed by atoms with Crippen molar-refractivity contribution in [3.63, 3.8) is 0 Å². The smallest absolute Gasteiger partial charge is 0.224 e. The second-order valence-electron chi connectivity index (χ2n) is 4.46. The molecule has 17 heavy (non-hydrogen) atoms. The van der Waals surface area contributed by atoms with Crippen LogP contribution in [0.3, 0.4) is 0 Å². The third-order valence-corrected chi connectivity index (χ3v) is 2.39. The highest BCUT2D eigenvalue weighted by molar-refractivity contribution is 5.78. The fraction of sp³-hybridized carbons (Fsp3) is 0.917. The minimum absolute atomic E-state index is 0.0246. The molecule has 0 bridgehead atoms. The van der Waals surface area contributed by atoms with E-state index >= 15 is 0 Å². The largest absolute Gasteiger partial charge is 0.382 e. The molecule has 0 aliphatic heterocycles. The zero-order valence-electron chi connectivity index (χ0n) is 11.2. The third kappa shape index (κ3) is 9.09. The Morgan fingerprint density at radius 2 is 2.00 bits per heavy atom. The molecular weight excluding hydrogens is 220 g/mol. The van der Waals surface area contributed by atoms with E-state index in [1.54, 1.807) is 7.11 Å². The molecule has 0 radical (unpaired) electrons. The first-order chi connectivity index (χ1) is 8.11. The van der Waals surface area contributed by atoms with Crippen molar-refractivity contribution in [2.75, 3.05) is 40.0 Å². The number of rotatable bonds is 10. The summed E-state index contributed by atoms with van der Waals surface area (Å²) in [5, 5.41) is 2.83. The summed E-state index contributed by atoms with van der Waals surface area (Å²) in [5.41, 5.74) is 5.58. The van der Waals surface area contributed by atoms with Gasteiger partial charge in [-0.15, -0.1) is 0 Å². The van der Waals surface area contributed by atoms with Gasteiger partial charge in [0, 0.05) is 20.2 Å². The second kappa shape index (κ2) is 10.5. The molecule has 0 aliphatic rings. The molecule has 1 atom stereocenters. The number of hydrogen-bond donors (Lipinski definition) is 2. The van der Waals surface area contributed by atoms with E-state index in [0.717, 1.165) is 6.42 Å². The quantitative estimate of drug-likeness (QED) is 0.547. The highest BCUT2D eigenvalue weighted by Gasteiger charge is 2.17. The number of carbonyl (C=O) groups excluding carboxylic acids is 1. The maximum absolute atomic E-state index is 11.7. The van der Waals surface area contributed by atoms with E-state index in [0.29, 0.717) is 38.8 Å². The summed E-state index contributed by atoms with van der Waals surface area (Å²) in [6, 6.07) is 0. The first kappa shape index (κ1) is 16.4. The standard InChI is InChI=1S/C12H26N2O3/c1-10(2)8-11(9-13)12(15)14-4-5-17-7-6-16-3/h10-11H,4-9,13H2,1-3H3,(H,14,15). The van der Waals surface area contributed by atoms with Gasteiger partial charge in [0.25, 0.3) is 0 Å². The molecule has 0 spiro atoms. The molecule has 5 nitrogen and oxygen atoms in total. The summed E-state index contributed by atoms with van der Waals surface area (Å²) in [6.45, 7) is 6.73. The summed E-state index contributed by atoms with van der Waals surface area (Å²) in [7, 11) is 1.63. The molecule has 0 heterocycles. The van der Waals surface area contributed by atoms with Crippen molar-refractivity contribution in [3.05, 3.63) is 0 Å². The summed E-state index contributed by atoms with van der Waals surface area (Å²) in [6.07, 6.45) is 0.826. The minimum atomic E-state index is -0.0889. The highest BCUT2D eigenvalue weighted by Crippen LogP contribution is 2.10. The normalized spacial score (nSPS) is 12.8. The predicted molar refractivity (Wildman–Crippen MR) is 67.7 cm³/mol. The van der Waals surface area contributed by atoms with Gasteiger partial charge in [-0.1, -0.05) is 13.8 Å². The number of ether oxygens (including phenoxy) is 2. The summed E-state index contributed by atoms with van der Waals surface area (Å²) >= 11 is 0. The van der Waals surface area contributed by atoms with Crippen LogP contribution in [0.25, 0.3) is 0 Å². The van der Waals surface area contributed by atoms with Crippen LogP contribution in [0.1, 0.15) is 20.3 Å². The molecule has 0 saturated carbocycles. The van der Waals surface area contributed by atoms with Gasteiger partial charge >= 0.3 is 0 Å². The van der Waals surface area contributed by atoms with Gasteiger partial charge in [-0.2, -0.15) is 0 Å². The van der Waals surface area contributed by atoms with Crippen LogP contribution in [0.5, 0.6) is 0 Å². The lowest BCUT2D eigenvalue weighted by atomic mass is 9.96. The van der Waals surface area contributed by atoms with Gasteiger partial charge in [0.05, 0.1) is 25.7 Å². The van der Waals surface area contributed by atoms with Crippen LogP contribution in [0.4, 0.5) is 0 Å². The Morgan fingerprint density at radius 3 is 2.53 bits per heavy atom. The Balaban J connectivity index is 3.61. The number of methoxy groups -OCH3 is 1. The molecule has 5 heteroatoms. The Hall–Kier alpha value is -0.650. The zero-order valence-corrected chi connectivity index (χ0v) is 11.2. The van der Waals surface area contributed by atoms with E-state index in [-0.39, 0.29) is 11.8 Å². The first-order valence-corrected chi connectivity index (χ1v) is 6.16. The van der Waals surface area contributed by atoms with Crippen molar-refractivity contribution in [2.24, 2.45) is 17.6 Å². The molecule has 3 N–H and O–H groups in total. The van der Waals surface area contributed by atoms with Crippen molar-refractivity contribution < 1.29 is 14.3 Å². The molecule has 1 unspecified atom stereocenters. The molecule has 0 aromatic carbocycles. The van der Waals surface area contributed by atoms with Gasteiger partial charge in [-0.05, 0) is 12.3 Å². The van der Waals surface area contributed by atoms with E-state index in [4.69, 9.17) is 15.2 Å². The molecule has 0 aliphatic carbocycles. The first-order valence-electron chi connectivity index (χ1n) is 6.16. The molecule has 0 rings (SSSR count). The van der Waals surface area contributed by atoms with Crippen molar-refractivity contribution in [2.45, 2.75) is 20.3 Å². The van der Waals surface area contributed by atoms with E-state index in [9.17, 15) is 4.79 Å². The molecule has 1 amide bonds. The summed E-state index contributed by atoms with van der Waals surface area (Å²) in [5.74, 6) is 0.415. The van der Waals surface area contributed by atoms with E-state index < -0.39 is 0 Å². The van der Waals surface area contributed by atoms with E-state index in [1.807, 2.05) is 0 Å². The van der Waals surface area contributed by atoms with Crippen molar-refractivity contribution in [1.82, 2.24) is 5.32 Å². The molecular formula is C12H26N2O3. The number of nitrogens with one attached hydrogen (secondary N) is 1. The zero-order chi connectivity index (χ0) is 13.1. The Morgan fingerprint density at radius 1 is 1.29 bits per heavy atom. The average Bonchev–Trinajstić information content (AvgIpc) is 2.30. The van der Waals surface area contributed by atoms with Crippen LogP contribution >= 0.6 is 0 Å². The van der Waals surface area contributed by atoms with Gasteiger partial charge in [-0.3, -0.25) is 4.79 Å². The number of nitrogens with two attached hydrogens (primary N) is 1. The Labute approximate surface area is 104 Å². The third-order valence-electron chi connectivity index (χ3n) is 2.39. The monoisotopic (exact) mass is 246 g/mol. The van der Waals surface area contributed by atoms with Crippen LogP contribution in [0.2, 0.25) is 0 Å². The predicted octanol–water partition coefficient (Wildman–Crippen LogP) is 0.387. The second-order valence-corrected chi connectivity index (χ2v) is 4.46. The van der Waals surface area contributed by atoms with Gasteiger partial charge in [0.2, 0.25) is 5.91 Å². The van der Waals surface area contributed by atoms with Crippen molar-refractivity contribution in [1.29, 1.82) is 0 Å². The molecule has 0 aromatic rings. The van der Waals surface area contributed by atoms with Crippen molar-refractivity contribution >= 4 is 5.91 Å². The van der Waals surface area contributed by atoms with Crippen LogP contribution in [-0.4, -0.2) is 45.9 Å². The number of carbonyl (C=O) groups is 1. The topological polar surface area (TPSA) is 73.6 Å². The lowest BCUT2D eigenvalue weighted by Crippen LogP contribution is -2.37. The van der Waals surface area contributed by atoms with E-state index in [1.165, 1.54) is 0 Å². The summed E-state index contributed by atoms with van der Waals surface area (Å²) in [4.78, 5) is 11.7. The van der Waals surface area contributed by atoms with Crippen LogP contribution in [-0.2, 0) is 14.3 Å². The maximum Gasteiger partial charge on any atom is 0.224 e. The fourth-order valence-corrected chi connectivity index (χ4v) is 1.51. The van der Waals surface area contributed by atoms with Gasteiger partial charge in [-0.25, -0.2) is 0 Å². The number of amides is 1. The van der Waals surface area contributed by atoms with Gasteiger partial charge in [0.15, 0.2) is 0 Å². The van der Waals surface area contributed by atoms with Gasteiger partial charge in [0.1, 0.15) is 0 Å². The fourth-order valence-electron chi connectivity index (χ4n) is 1.51. The van der Waals surface area contributed by atoms with Gasteiger partial charge < -0.3 is 20.5 Å². The maximum atomic E-state index is 11.7. The van der Waals surface area contributed by atoms with Crippen LogP contribution < -0.4 is 11.1 Å². The molecule has 0 fully saturated rings. The highest BCUT2D eigenvalue weighted by atomic mass is 16.5. The minimum Gasteiger partial charge on any atom is -0.382 e. The lowest BCUT2D eigenvalue weighted by Gasteiger charge is -2.16. The van der Waals surface area contributed by atoms with Crippen LogP contribution in [0, 0.1) is 11.8 Å². The van der Waals surface area contributed by atoms with E-state index in [2.05, 4.69) is 19.2 Å². The number of hydrogen-bond acceptors (Lipinski definition) is 4. The van der Waals surface area contributed by atoms with Crippen LogP contribution in [0.15, 0.2) is 0 Å². The molecule has 102 valence electrons. The SMILES string of the molecule is COCCOCCNC(=O)C(CN)CC(C)C. The molecule has 0 saturated heterocycles. The molecule has 0 aromatic heterocycles. The lowest BCUT2D eigenvalue weighted by molar-refractivity contribution is -0.125. The average molecular weight is 246 g/mol.